The number of aromatic nitrogens is 1. The van der Waals surface area contributed by atoms with Gasteiger partial charge in [-0.25, -0.2) is 4.98 Å². The Kier molecular flexibility index (Phi) is 5.18. The van der Waals surface area contributed by atoms with Gasteiger partial charge < -0.3 is 9.73 Å². The van der Waals surface area contributed by atoms with Crippen LogP contribution >= 0.6 is 11.3 Å². The van der Waals surface area contributed by atoms with Crippen molar-refractivity contribution in [2.45, 2.75) is 27.3 Å². The van der Waals surface area contributed by atoms with Gasteiger partial charge in [0.2, 0.25) is 5.91 Å². The molecule has 1 aromatic carbocycles. The van der Waals surface area contributed by atoms with E-state index in [0.717, 1.165) is 11.1 Å². The van der Waals surface area contributed by atoms with Crippen molar-refractivity contribution in [1.82, 2.24) is 10.3 Å². The van der Waals surface area contributed by atoms with Crippen LogP contribution in [0.1, 0.15) is 34.2 Å². The Balaban J connectivity index is 1.71. The van der Waals surface area contributed by atoms with Gasteiger partial charge in [0.1, 0.15) is 11.5 Å². The van der Waals surface area contributed by atoms with Crippen molar-refractivity contribution in [2.75, 3.05) is 5.32 Å². The Hall–Kier alpha value is -2.93. The first-order valence-electron chi connectivity index (χ1n) is 8.10. The molecule has 0 spiro atoms. The van der Waals surface area contributed by atoms with Gasteiger partial charge in [0.15, 0.2) is 10.9 Å². The summed E-state index contributed by atoms with van der Waals surface area (Å²) >= 11 is 1.33. The highest BCUT2D eigenvalue weighted by Crippen LogP contribution is 2.27. The summed E-state index contributed by atoms with van der Waals surface area (Å²) in [4.78, 5) is 27.8. The van der Waals surface area contributed by atoms with Crippen LogP contribution in [0.15, 0.2) is 40.1 Å². The second-order valence-corrected chi connectivity index (χ2v) is 6.84. The number of carbonyl (C=O) groups excluding carboxylic acids is 2. The monoisotopic (exact) mass is 369 g/mol. The van der Waals surface area contributed by atoms with Crippen molar-refractivity contribution < 1.29 is 14.0 Å². The maximum atomic E-state index is 12.5. The molecule has 0 aliphatic heterocycles. The first-order valence-corrected chi connectivity index (χ1v) is 8.98. The number of anilines is 1. The molecule has 134 valence electrons. The summed E-state index contributed by atoms with van der Waals surface area (Å²) in [5.41, 5.74) is 3.22. The largest absolute Gasteiger partial charge is 0.458 e. The molecular formula is C19H19N3O3S. The molecule has 2 amide bonds. The van der Waals surface area contributed by atoms with Gasteiger partial charge in [-0.1, -0.05) is 17.7 Å². The predicted octanol–water partition coefficient (Wildman–Crippen LogP) is 3.91. The Bertz CT molecular complexity index is 959. The second kappa shape index (κ2) is 7.53. The van der Waals surface area contributed by atoms with E-state index < -0.39 is 0 Å². The van der Waals surface area contributed by atoms with Crippen LogP contribution in [0.25, 0.3) is 11.5 Å². The van der Waals surface area contributed by atoms with E-state index in [9.17, 15) is 9.59 Å². The fourth-order valence-corrected chi connectivity index (χ4v) is 3.11. The lowest BCUT2D eigenvalue weighted by molar-refractivity contribution is -0.119. The van der Waals surface area contributed by atoms with Gasteiger partial charge in [0.05, 0.1) is 6.54 Å². The van der Waals surface area contributed by atoms with E-state index in [2.05, 4.69) is 15.6 Å². The molecule has 3 rings (SSSR count). The standard InChI is InChI=1S/C19H19N3O3S/c1-11-4-5-12(2)15(8-11)18(24)22-19-21-16(10-26-19)17-7-6-14(25-17)9-20-13(3)23/h4-8,10H,9H2,1-3H3,(H,20,23)(H,21,22,24). The predicted molar refractivity (Wildman–Crippen MR) is 101 cm³/mol. The summed E-state index contributed by atoms with van der Waals surface area (Å²) in [6.07, 6.45) is 0. The molecule has 6 nitrogen and oxygen atoms in total. The van der Waals surface area contributed by atoms with E-state index >= 15 is 0 Å². The third kappa shape index (κ3) is 4.18. The van der Waals surface area contributed by atoms with Crippen LogP contribution in [0.3, 0.4) is 0 Å². The van der Waals surface area contributed by atoms with Crippen LogP contribution in [-0.4, -0.2) is 16.8 Å². The summed E-state index contributed by atoms with van der Waals surface area (Å²) in [6, 6.07) is 9.35. The molecule has 0 aliphatic carbocycles. The normalized spacial score (nSPS) is 10.6. The minimum atomic E-state index is -0.183. The van der Waals surface area contributed by atoms with Crippen LogP contribution in [0.2, 0.25) is 0 Å². The average molecular weight is 369 g/mol. The minimum absolute atomic E-state index is 0.118. The Morgan fingerprint density at radius 1 is 1.19 bits per heavy atom. The smallest absolute Gasteiger partial charge is 0.257 e. The number of thiazole rings is 1. The number of nitrogens with zero attached hydrogens (tertiary/aromatic N) is 1. The maximum absolute atomic E-state index is 12.5. The molecule has 2 N–H and O–H groups in total. The number of aryl methyl sites for hydroxylation is 2. The van der Waals surface area contributed by atoms with Gasteiger partial charge in [-0.15, -0.1) is 11.3 Å². The Morgan fingerprint density at radius 2 is 2.00 bits per heavy atom. The molecule has 0 saturated heterocycles. The molecule has 0 fully saturated rings. The highest BCUT2D eigenvalue weighted by atomic mass is 32.1. The lowest BCUT2D eigenvalue weighted by atomic mass is 10.1. The highest BCUT2D eigenvalue weighted by Gasteiger charge is 2.14. The number of furan rings is 1. The number of nitrogens with one attached hydrogen (secondary N) is 2. The van der Waals surface area contributed by atoms with Crippen molar-refractivity contribution >= 4 is 28.3 Å². The van der Waals surface area contributed by atoms with Gasteiger partial charge in [-0.05, 0) is 37.6 Å². The van der Waals surface area contributed by atoms with E-state index in [-0.39, 0.29) is 11.8 Å². The Morgan fingerprint density at radius 3 is 2.77 bits per heavy atom. The molecule has 7 heteroatoms. The van der Waals surface area contributed by atoms with Gasteiger partial charge in [0, 0.05) is 17.9 Å². The van der Waals surface area contributed by atoms with E-state index in [1.54, 1.807) is 12.1 Å². The molecule has 2 aromatic heterocycles. The van der Waals surface area contributed by atoms with Crippen molar-refractivity contribution in [3.63, 3.8) is 0 Å². The van der Waals surface area contributed by atoms with Crippen molar-refractivity contribution in [3.05, 3.63) is 58.2 Å². The van der Waals surface area contributed by atoms with Crippen LogP contribution in [0.4, 0.5) is 5.13 Å². The molecule has 0 bridgehead atoms. The number of hydrogen-bond acceptors (Lipinski definition) is 5. The van der Waals surface area contributed by atoms with E-state index in [0.29, 0.717) is 34.5 Å². The third-order valence-electron chi connectivity index (χ3n) is 3.79. The lowest BCUT2D eigenvalue weighted by Gasteiger charge is -2.06. The SMILES string of the molecule is CC(=O)NCc1ccc(-c2csc(NC(=O)c3cc(C)ccc3C)n2)o1. The maximum Gasteiger partial charge on any atom is 0.257 e. The molecule has 0 unspecified atom stereocenters. The Labute approximate surface area is 155 Å². The van der Waals surface area contributed by atoms with Gasteiger partial charge in [0.25, 0.3) is 5.91 Å². The van der Waals surface area contributed by atoms with Crippen LogP contribution < -0.4 is 10.6 Å². The fourth-order valence-electron chi connectivity index (χ4n) is 2.41. The number of hydrogen-bond donors (Lipinski definition) is 2. The zero-order valence-corrected chi connectivity index (χ0v) is 15.6. The second-order valence-electron chi connectivity index (χ2n) is 5.99. The van der Waals surface area contributed by atoms with Crippen molar-refractivity contribution in [1.29, 1.82) is 0 Å². The van der Waals surface area contributed by atoms with Crippen molar-refractivity contribution in [2.24, 2.45) is 0 Å². The number of carbonyl (C=O) groups is 2. The third-order valence-corrected chi connectivity index (χ3v) is 4.55. The molecule has 0 atom stereocenters. The zero-order valence-electron chi connectivity index (χ0n) is 14.8. The molecule has 0 radical (unpaired) electrons. The molecule has 2 heterocycles. The number of benzene rings is 1. The van der Waals surface area contributed by atoms with E-state index in [1.165, 1.54) is 18.3 Å². The fraction of sp³-hybridized carbons (Fsp3) is 0.211. The van der Waals surface area contributed by atoms with Gasteiger partial charge in [-0.3, -0.25) is 14.9 Å². The first-order chi connectivity index (χ1) is 12.4. The average Bonchev–Trinajstić information content (AvgIpc) is 3.24. The summed E-state index contributed by atoms with van der Waals surface area (Å²) in [5.74, 6) is 0.934. The molecule has 26 heavy (non-hydrogen) atoms. The quantitative estimate of drug-likeness (QED) is 0.714. The minimum Gasteiger partial charge on any atom is -0.458 e. The topological polar surface area (TPSA) is 84.2 Å². The molecule has 3 aromatic rings. The van der Waals surface area contributed by atoms with E-state index in [4.69, 9.17) is 4.42 Å². The number of amides is 2. The molecule has 0 aliphatic rings. The lowest BCUT2D eigenvalue weighted by Crippen LogP contribution is -2.18. The highest BCUT2D eigenvalue weighted by molar-refractivity contribution is 7.14. The zero-order chi connectivity index (χ0) is 18.7. The van der Waals surface area contributed by atoms with Crippen LogP contribution in [-0.2, 0) is 11.3 Å². The van der Waals surface area contributed by atoms with Crippen LogP contribution in [0, 0.1) is 13.8 Å². The van der Waals surface area contributed by atoms with Gasteiger partial charge >= 0.3 is 0 Å². The summed E-state index contributed by atoms with van der Waals surface area (Å²) in [5, 5.41) is 7.84. The molecule has 0 saturated carbocycles. The first kappa shape index (κ1) is 17.9. The number of rotatable bonds is 5. The summed E-state index contributed by atoms with van der Waals surface area (Å²) in [7, 11) is 0. The van der Waals surface area contributed by atoms with Gasteiger partial charge in [-0.2, -0.15) is 0 Å². The van der Waals surface area contributed by atoms with Crippen LogP contribution in [0.5, 0.6) is 0 Å². The summed E-state index contributed by atoms with van der Waals surface area (Å²) < 4.78 is 5.67. The summed E-state index contributed by atoms with van der Waals surface area (Å²) in [6.45, 7) is 5.64. The van der Waals surface area contributed by atoms with Crippen molar-refractivity contribution in [3.8, 4) is 11.5 Å². The molecular weight excluding hydrogens is 350 g/mol. The van der Waals surface area contributed by atoms with E-state index in [1.807, 2.05) is 37.4 Å².